The van der Waals surface area contributed by atoms with Gasteiger partial charge in [0.2, 0.25) is 0 Å². The summed E-state index contributed by atoms with van der Waals surface area (Å²) >= 11 is 0. The van der Waals surface area contributed by atoms with Crippen LogP contribution in [0.4, 0.5) is 0 Å². The minimum atomic E-state index is -0.515. The first-order valence-electron chi connectivity index (χ1n) is 8.81. The number of benzene rings is 2. The molecule has 0 heterocycles. The Labute approximate surface area is 164 Å². The average molecular weight is 379 g/mol. The molecule has 6 nitrogen and oxygen atoms in total. The highest BCUT2D eigenvalue weighted by molar-refractivity contribution is 5.91. The topological polar surface area (TPSA) is 85.6 Å². The summed E-state index contributed by atoms with van der Waals surface area (Å²) in [5, 5.41) is 8.41. The highest BCUT2D eigenvalue weighted by Gasteiger charge is 2.11. The van der Waals surface area contributed by atoms with Crippen molar-refractivity contribution >= 4 is 18.0 Å². The number of hydrogen-bond acceptors (Lipinski definition) is 6. The number of nitriles is 1. The van der Waals surface area contributed by atoms with E-state index >= 15 is 0 Å². The van der Waals surface area contributed by atoms with Gasteiger partial charge in [-0.3, -0.25) is 0 Å². The van der Waals surface area contributed by atoms with Crippen LogP contribution in [0.25, 0.3) is 6.08 Å². The monoisotopic (exact) mass is 379 g/mol. The molecule has 0 bridgehead atoms. The van der Waals surface area contributed by atoms with Crippen LogP contribution < -0.4 is 9.47 Å². The van der Waals surface area contributed by atoms with E-state index < -0.39 is 11.9 Å². The molecule has 0 amide bonds. The van der Waals surface area contributed by atoms with E-state index in [4.69, 9.17) is 19.5 Å². The van der Waals surface area contributed by atoms with E-state index in [0.717, 1.165) is 11.1 Å². The van der Waals surface area contributed by atoms with Gasteiger partial charge in [0.15, 0.2) is 0 Å². The van der Waals surface area contributed by atoms with Crippen LogP contribution in [0, 0.1) is 18.3 Å². The lowest BCUT2D eigenvalue weighted by molar-refractivity contribution is -0.137. The van der Waals surface area contributed by atoms with Crippen LogP contribution >= 0.6 is 0 Å². The fourth-order valence-corrected chi connectivity index (χ4v) is 2.31. The van der Waals surface area contributed by atoms with Crippen molar-refractivity contribution in [1.82, 2.24) is 0 Å². The van der Waals surface area contributed by atoms with Crippen molar-refractivity contribution in [3.05, 3.63) is 65.2 Å². The third-order valence-corrected chi connectivity index (χ3v) is 3.67. The van der Waals surface area contributed by atoms with Crippen LogP contribution in [0.5, 0.6) is 11.5 Å². The van der Waals surface area contributed by atoms with E-state index in [1.165, 1.54) is 6.08 Å². The maximum absolute atomic E-state index is 12.3. The lowest BCUT2D eigenvalue weighted by Gasteiger charge is -2.09. The summed E-state index contributed by atoms with van der Waals surface area (Å²) in [5.74, 6) is 0.152. The van der Waals surface area contributed by atoms with E-state index in [0.29, 0.717) is 23.7 Å². The summed E-state index contributed by atoms with van der Waals surface area (Å²) in [7, 11) is 0. The Morgan fingerprint density at radius 1 is 1.14 bits per heavy atom. The lowest BCUT2D eigenvalue weighted by Crippen LogP contribution is -2.09. The maximum Gasteiger partial charge on any atom is 0.343 e. The van der Waals surface area contributed by atoms with E-state index in [1.807, 2.05) is 19.9 Å². The zero-order valence-corrected chi connectivity index (χ0v) is 15.8. The quantitative estimate of drug-likeness (QED) is 0.297. The molecule has 144 valence electrons. The standard InChI is InChI=1S/C22H21NO5/c1-3-26-19-9-7-18(8-10-19)22(25)28-20-11-5-17(15-16(20)2)6-12-21(24)27-14-4-13-23/h5-12,15H,3-4,14H2,1-2H3/b12-6+. The van der Waals surface area contributed by atoms with Gasteiger partial charge in [-0.05, 0) is 67.4 Å². The van der Waals surface area contributed by atoms with E-state index in [1.54, 1.807) is 48.5 Å². The number of aryl methyl sites for hydroxylation is 1. The number of carbonyl (C=O) groups is 2. The summed E-state index contributed by atoms with van der Waals surface area (Å²) in [6, 6.07) is 13.8. The maximum atomic E-state index is 12.3. The minimum Gasteiger partial charge on any atom is -0.494 e. The second-order valence-electron chi connectivity index (χ2n) is 5.78. The Kier molecular flexibility index (Phi) is 7.79. The fourth-order valence-electron chi connectivity index (χ4n) is 2.31. The first kappa shape index (κ1) is 20.7. The molecule has 0 spiro atoms. The molecule has 0 aliphatic carbocycles. The average Bonchev–Trinajstić information content (AvgIpc) is 2.69. The van der Waals surface area contributed by atoms with E-state index in [2.05, 4.69) is 0 Å². The number of carbonyl (C=O) groups excluding carboxylic acids is 2. The molecule has 2 aromatic rings. The normalized spacial score (nSPS) is 10.3. The van der Waals surface area contributed by atoms with Gasteiger partial charge >= 0.3 is 11.9 Å². The molecule has 2 aromatic carbocycles. The van der Waals surface area contributed by atoms with Gasteiger partial charge < -0.3 is 14.2 Å². The van der Waals surface area contributed by atoms with Crippen LogP contribution in [0.15, 0.2) is 48.5 Å². The molecule has 0 fully saturated rings. The van der Waals surface area contributed by atoms with Gasteiger partial charge in [-0.2, -0.15) is 5.26 Å². The fraction of sp³-hybridized carbons (Fsp3) is 0.227. The molecule has 0 saturated carbocycles. The first-order chi connectivity index (χ1) is 13.5. The molecule has 0 unspecified atom stereocenters. The van der Waals surface area contributed by atoms with Crippen molar-refractivity contribution in [3.63, 3.8) is 0 Å². The molecule has 0 saturated heterocycles. The largest absolute Gasteiger partial charge is 0.494 e. The van der Waals surface area contributed by atoms with Gasteiger partial charge in [0, 0.05) is 6.08 Å². The summed E-state index contributed by atoms with van der Waals surface area (Å²) in [6.45, 7) is 4.32. The molecular formula is C22H21NO5. The third-order valence-electron chi connectivity index (χ3n) is 3.67. The van der Waals surface area contributed by atoms with Crippen LogP contribution in [-0.4, -0.2) is 25.2 Å². The molecule has 0 N–H and O–H groups in total. The molecule has 28 heavy (non-hydrogen) atoms. The van der Waals surface area contributed by atoms with Crippen molar-refractivity contribution in [1.29, 1.82) is 5.26 Å². The molecule has 0 aliphatic rings. The molecule has 0 aliphatic heterocycles. The minimum absolute atomic E-state index is 0.0686. The van der Waals surface area contributed by atoms with Crippen LogP contribution in [0.2, 0.25) is 0 Å². The highest BCUT2D eigenvalue weighted by atomic mass is 16.5. The van der Waals surface area contributed by atoms with E-state index in [9.17, 15) is 9.59 Å². The molecule has 0 radical (unpaired) electrons. The molecular weight excluding hydrogens is 358 g/mol. The van der Waals surface area contributed by atoms with Crippen LogP contribution in [0.3, 0.4) is 0 Å². The Hall–Kier alpha value is -3.59. The predicted molar refractivity (Wildman–Crippen MR) is 104 cm³/mol. The summed E-state index contributed by atoms with van der Waals surface area (Å²) in [6.07, 6.45) is 3.05. The Morgan fingerprint density at radius 3 is 2.54 bits per heavy atom. The van der Waals surface area contributed by atoms with Gasteiger partial charge in [-0.15, -0.1) is 0 Å². The lowest BCUT2D eigenvalue weighted by atomic mass is 10.1. The van der Waals surface area contributed by atoms with Gasteiger partial charge in [0.1, 0.15) is 18.1 Å². The number of esters is 2. The number of hydrogen-bond donors (Lipinski definition) is 0. The smallest absolute Gasteiger partial charge is 0.343 e. The summed E-state index contributed by atoms with van der Waals surface area (Å²) < 4.78 is 15.7. The number of ether oxygens (including phenoxy) is 3. The molecule has 6 heteroatoms. The second-order valence-corrected chi connectivity index (χ2v) is 5.78. The molecule has 2 rings (SSSR count). The van der Waals surface area contributed by atoms with Crippen LogP contribution in [0.1, 0.15) is 34.8 Å². The number of rotatable bonds is 8. The number of nitrogens with zero attached hydrogens (tertiary/aromatic N) is 1. The van der Waals surface area contributed by atoms with Crippen molar-refractivity contribution in [2.45, 2.75) is 20.3 Å². The summed E-state index contributed by atoms with van der Waals surface area (Å²) in [4.78, 5) is 23.8. The van der Waals surface area contributed by atoms with Gasteiger partial charge in [0.05, 0.1) is 24.7 Å². The second kappa shape index (κ2) is 10.5. The van der Waals surface area contributed by atoms with Crippen molar-refractivity contribution in [2.24, 2.45) is 0 Å². The van der Waals surface area contributed by atoms with Gasteiger partial charge in [0.25, 0.3) is 0 Å². The zero-order chi connectivity index (χ0) is 20.4. The highest BCUT2D eigenvalue weighted by Crippen LogP contribution is 2.22. The zero-order valence-electron chi connectivity index (χ0n) is 15.8. The third kappa shape index (κ3) is 6.29. The van der Waals surface area contributed by atoms with Gasteiger partial charge in [-0.1, -0.05) is 6.07 Å². The van der Waals surface area contributed by atoms with E-state index in [-0.39, 0.29) is 13.0 Å². The summed E-state index contributed by atoms with van der Waals surface area (Å²) in [5.41, 5.74) is 1.93. The first-order valence-corrected chi connectivity index (χ1v) is 8.81. The Bertz CT molecular complexity index is 894. The van der Waals surface area contributed by atoms with Crippen LogP contribution in [-0.2, 0) is 9.53 Å². The Balaban J connectivity index is 1.99. The van der Waals surface area contributed by atoms with Gasteiger partial charge in [-0.25, -0.2) is 9.59 Å². The SMILES string of the molecule is CCOc1ccc(C(=O)Oc2ccc(/C=C/C(=O)OCCC#N)cc2C)cc1. The van der Waals surface area contributed by atoms with Crippen molar-refractivity contribution < 1.29 is 23.8 Å². The Morgan fingerprint density at radius 2 is 1.89 bits per heavy atom. The van der Waals surface area contributed by atoms with Crippen molar-refractivity contribution in [3.8, 4) is 17.6 Å². The molecule has 0 aromatic heterocycles. The molecule has 0 atom stereocenters. The van der Waals surface area contributed by atoms with Crippen molar-refractivity contribution in [2.75, 3.05) is 13.2 Å². The predicted octanol–water partition coefficient (Wildman–Crippen LogP) is 4.08.